The number of benzene rings is 1. The fourth-order valence-corrected chi connectivity index (χ4v) is 3.65. The summed E-state index contributed by atoms with van der Waals surface area (Å²) in [5.74, 6) is -1.22. The van der Waals surface area contributed by atoms with Crippen molar-refractivity contribution in [2.45, 2.75) is 32.5 Å². The molecule has 7 heteroatoms. The van der Waals surface area contributed by atoms with Gasteiger partial charge in [0.1, 0.15) is 5.82 Å². The average molecular weight is 358 g/mol. The lowest BCUT2D eigenvalue weighted by Gasteiger charge is -2.32. The zero-order chi connectivity index (χ0) is 18.3. The van der Waals surface area contributed by atoms with Crippen LogP contribution in [-0.2, 0) is 30.9 Å². The number of nitrogens with zero attached hydrogens (tertiary/aromatic N) is 2. The summed E-state index contributed by atoms with van der Waals surface area (Å²) in [6, 6.07) is 5.93. The molecule has 0 fully saturated rings. The smallest absolute Gasteiger partial charge is 0.274 e. The summed E-state index contributed by atoms with van der Waals surface area (Å²) in [5, 5.41) is 10.4. The van der Waals surface area contributed by atoms with E-state index >= 15 is 0 Å². The van der Waals surface area contributed by atoms with Gasteiger partial charge in [0, 0.05) is 31.8 Å². The Kier molecular flexibility index (Phi) is 4.24. The van der Waals surface area contributed by atoms with Crippen LogP contribution in [0.4, 0.5) is 4.39 Å². The SMILES string of the molecule is O=C1c2c(O)c(=O)c3c(n2CCN1Cc1ccc(F)cc1)COCCC3. The number of carbonyl (C=O) groups is 1. The number of fused-ring (bicyclic) bond motifs is 3. The predicted molar refractivity (Wildman–Crippen MR) is 91.5 cm³/mol. The Balaban J connectivity index is 1.72. The molecule has 0 bridgehead atoms. The van der Waals surface area contributed by atoms with Gasteiger partial charge in [0.25, 0.3) is 5.91 Å². The van der Waals surface area contributed by atoms with Gasteiger partial charge in [-0.3, -0.25) is 9.59 Å². The van der Waals surface area contributed by atoms with Crippen molar-refractivity contribution in [1.29, 1.82) is 0 Å². The third-order valence-electron chi connectivity index (χ3n) is 4.98. The molecule has 4 rings (SSSR count). The topological polar surface area (TPSA) is 71.8 Å². The molecule has 1 amide bonds. The molecule has 0 saturated heterocycles. The molecule has 0 spiro atoms. The van der Waals surface area contributed by atoms with Crippen LogP contribution in [-0.4, -0.2) is 33.6 Å². The Hall–Kier alpha value is -2.67. The Morgan fingerprint density at radius 3 is 2.69 bits per heavy atom. The molecule has 6 nitrogen and oxygen atoms in total. The number of rotatable bonds is 2. The van der Waals surface area contributed by atoms with Crippen molar-refractivity contribution in [1.82, 2.24) is 9.47 Å². The lowest BCUT2D eigenvalue weighted by molar-refractivity contribution is 0.0671. The van der Waals surface area contributed by atoms with Gasteiger partial charge < -0.3 is 19.3 Å². The quantitative estimate of drug-likeness (QED) is 0.889. The third kappa shape index (κ3) is 2.78. The molecule has 2 aliphatic rings. The number of amides is 1. The largest absolute Gasteiger partial charge is 0.503 e. The van der Waals surface area contributed by atoms with E-state index in [1.165, 1.54) is 12.1 Å². The van der Waals surface area contributed by atoms with Gasteiger partial charge in [-0.25, -0.2) is 4.39 Å². The second-order valence-electron chi connectivity index (χ2n) is 6.61. The molecule has 26 heavy (non-hydrogen) atoms. The molecule has 2 aliphatic heterocycles. The molecule has 136 valence electrons. The first-order valence-electron chi connectivity index (χ1n) is 8.65. The van der Waals surface area contributed by atoms with Crippen molar-refractivity contribution < 1.29 is 19.0 Å². The summed E-state index contributed by atoms with van der Waals surface area (Å²) < 4.78 is 20.3. The summed E-state index contributed by atoms with van der Waals surface area (Å²) in [7, 11) is 0. The summed E-state index contributed by atoms with van der Waals surface area (Å²) >= 11 is 0. The molecule has 3 heterocycles. The highest BCUT2D eigenvalue weighted by Crippen LogP contribution is 2.26. The van der Waals surface area contributed by atoms with E-state index in [1.54, 1.807) is 21.6 Å². The van der Waals surface area contributed by atoms with Crippen molar-refractivity contribution in [2.75, 3.05) is 13.2 Å². The molecule has 0 atom stereocenters. The maximum atomic E-state index is 13.1. The number of ether oxygens (including phenoxy) is 1. The monoisotopic (exact) mass is 358 g/mol. The molecule has 0 aliphatic carbocycles. The molecule has 1 N–H and O–H groups in total. The second-order valence-corrected chi connectivity index (χ2v) is 6.61. The first kappa shape index (κ1) is 16.8. The standard InChI is InChI=1S/C19H19FN2O4/c20-13-5-3-12(4-6-13)10-21-7-8-22-15-11-26-9-1-2-14(15)17(23)18(24)16(22)19(21)25/h3-6,24H,1-2,7-11H2. The van der Waals surface area contributed by atoms with Gasteiger partial charge >= 0.3 is 0 Å². The normalized spacial score (nSPS) is 16.8. The Morgan fingerprint density at radius 1 is 1.15 bits per heavy atom. The molecule has 0 saturated carbocycles. The summed E-state index contributed by atoms with van der Waals surface area (Å²) in [6.45, 7) is 2.03. The molecule has 1 aromatic carbocycles. The fraction of sp³-hybridized carbons (Fsp3) is 0.368. The highest BCUT2D eigenvalue weighted by Gasteiger charge is 2.32. The zero-order valence-corrected chi connectivity index (χ0v) is 14.2. The Morgan fingerprint density at radius 2 is 1.92 bits per heavy atom. The Bertz CT molecular complexity index is 921. The van der Waals surface area contributed by atoms with Crippen LogP contribution in [0.1, 0.15) is 33.7 Å². The van der Waals surface area contributed by atoms with Crippen LogP contribution < -0.4 is 5.43 Å². The maximum Gasteiger partial charge on any atom is 0.274 e. The van der Waals surface area contributed by atoms with E-state index in [-0.39, 0.29) is 18.1 Å². The van der Waals surface area contributed by atoms with E-state index < -0.39 is 17.1 Å². The molecule has 2 aromatic rings. The molecule has 1 aromatic heterocycles. The van der Waals surface area contributed by atoms with Gasteiger partial charge in [0.2, 0.25) is 5.43 Å². The highest BCUT2D eigenvalue weighted by atomic mass is 19.1. The van der Waals surface area contributed by atoms with Crippen LogP contribution >= 0.6 is 0 Å². The van der Waals surface area contributed by atoms with Gasteiger partial charge in [0.05, 0.1) is 12.3 Å². The van der Waals surface area contributed by atoms with Gasteiger partial charge in [-0.1, -0.05) is 12.1 Å². The number of halogens is 1. The number of carbonyl (C=O) groups excluding carboxylic acids is 1. The van der Waals surface area contributed by atoms with E-state index in [1.807, 2.05) is 0 Å². The van der Waals surface area contributed by atoms with Gasteiger partial charge in [0.15, 0.2) is 11.4 Å². The van der Waals surface area contributed by atoms with E-state index in [2.05, 4.69) is 0 Å². The third-order valence-corrected chi connectivity index (χ3v) is 4.98. The minimum absolute atomic E-state index is 0.0209. The van der Waals surface area contributed by atoms with E-state index in [9.17, 15) is 19.1 Å². The molecular weight excluding hydrogens is 339 g/mol. The van der Waals surface area contributed by atoms with E-state index in [0.29, 0.717) is 50.3 Å². The summed E-state index contributed by atoms with van der Waals surface area (Å²) in [4.78, 5) is 27.0. The highest BCUT2D eigenvalue weighted by molar-refractivity contribution is 5.96. The van der Waals surface area contributed by atoms with E-state index in [4.69, 9.17) is 4.74 Å². The van der Waals surface area contributed by atoms with Crippen molar-refractivity contribution in [3.8, 4) is 5.75 Å². The number of hydrogen-bond acceptors (Lipinski definition) is 4. The van der Waals surface area contributed by atoms with Crippen LogP contribution in [0.25, 0.3) is 0 Å². The minimum atomic E-state index is -0.487. The average Bonchev–Trinajstić information content (AvgIpc) is 2.89. The first-order chi connectivity index (χ1) is 12.6. The summed E-state index contributed by atoms with van der Waals surface area (Å²) in [5.41, 5.74) is 1.56. The van der Waals surface area contributed by atoms with Gasteiger partial charge in [-0.2, -0.15) is 0 Å². The lowest BCUT2D eigenvalue weighted by Crippen LogP contribution is -2.42. The van der Waals surface area contributed by atoms with Crippen LogP contribution in [0.2, 0.25) is 0 Å². The first-order valence-corrected chi connectivity index (χ1v) is 8.65. The second kappa shape index (κ2) is 6.57. The summed E-state index contributed by atoms with van der Waals surface area (Å²) in [6.07, 6.45) is 1.25. The van der Waals surface area contributed by atoms with Crippen molar-refractivity contribution in [2.24, 2.45) is 0 Å². The van der Waals surface area contributed by atoms with Crippen LogP contribution in [0, 0.1) is 5.82 Å². The van der Waals surface area contributed by atoms with Gasteiger partial charge in [-0.05, 0) is 30.5 Å². The number of aromatic nitrogens is 1. The molecule has 0 radical (unpaired) electrons. The van der Waals surface area contributed by atoms with E-state index in [0.717, 1.165) is 5.56 Å². The van der Waals surface area contributed by atoms with Crippen molar-refractivity contribution >= 4 is 5.91 Å². The predicted octanol–water partition coefficient (Wildman–Crippen LogP) is 1.81. The zero-order valence-electron chi connectivity index (χ0n) is 14.2. The van der Waals surface area contributed by atoms with Crippen LogP contribution in [0.3, 0.4) is 0 Å². The molecular formula is C19H19FN2O4. The van der Waals surface area contributed by atoms with Crippen molar-refractivity contribution in [3.05, 3.63) is 62.8 Å². The fourth-order valence-electron chi connectivity index (χ4n) is 3.65. The minimum Gasteiger partial charge on any atom is -0.503 e. The number of aromatic hydroxyl groups is 1. The maximum absolute atomic E-state index is 13.1. The number of hydrogen-bond donors (Lipinski definition) is 1. The molecule has 0 unspecified atom stereocenters. The van der Waals surface area contributed by atoms with Gasteiger partial charge in [-0.15, -0.1) is 0 Å². The van der Waals surface area contributed by atoms with Crippen LogP contribution in [0.15, 0.2) is 29.1 Å². The Labute approximate surface area is 149 Å². The number of pyridine rings is 1. The lowest BCUT2D eigenvalue weighted by atomic mass is 10.0. The van der Waals surface area contributed by atoms with Crippen molar-refractivity contribution in [3.63, 3.8) is 0 Å². The van der Waals surface area contributed by atoms with Crippen LogP contribution in [0.5, 0.6) is 5.75 Å².